The zero-order valence-electron chi connectivity index (χ0n) is 4.38. The van der Waals surface area contributed by atoms with Crippen molar-refractivity contribution in [3.8, 4) is 0 Å². The SMILES string of the molecule is [CH2]CC(C)(Cl)CCl. The van der Waals surface area contributed by atoms with E-state index >= 15 is 0 Å². The first kappa shape index (κ1) is 7.58. The molecule has 0 N–H and O–H groups in total. The van der Waals surface area contributed by atoms with Gasteiger partial charge in [0.1, 0.15) is 0 Å². The van der Waals surface area contributed by atoms with Crippen LogP contribution in [0.15, 0.2) is 0 Å². The van der Waals surface area contributed by atoms with Crippen LogP contribution in [-0.2, 0) is 0 Å². The van der Waals surface area contributed by atoms with Gasteiger partial charge in [-0.15, -0.1) is 23.2 Å². The van der Waals surface area contributed by atoms with Crippen LogP contribution in [0, 0.1) is 6.92 Å². The van der Waals surface area contributed by atoms with Crippen molar-refractivity contribution in [2.24, 2.45) is 0 Å². The maximum Gasteiger partial charge on any atom is 0.0553 e. The van der Waals surface area contributed by atoms with E-state index in [-0.39, 0.29) is 4.87 Å². The highest BCUT2D eigenvalue weighted by Gasteiger charge is 2.14. The van der Waals surface area contributed by atoms with Gasteiger partial charge in [0.25, 0.3) is 0 Å². The molecule has 0 bridgehead atoms. The summed E-state index contributed by atoms with van der Waals surface area (Å²) in [5.74, 6) is 0.470. The molecule has 0 aliphatic rings. The van der Waals surface area contributed by atoms with Gasteiger partial charge in [-0.1, -0.05) is 6.92 Å². The quantitative estimate of drug-likeness (QED) is 0.516. The fourth-order valence-corrected chi connectivity index (χ4v) is 0.200. The fraction of sp³-hybridized carbons (Fsp3) is 0.800. The van der Waals surface area contributed by atoms with E-state index in [1.54, 1.807) is 0 Å². The Balaban J connectivity index is 3.36. The van der Waals surface area contributed by atoms with Crippen LogP contribution in [0.25, 0.3) is 0 Å². The largest absolute Gasteiger partial charge is 0.125 e. The molecule has 0 amide bonds. The third kappa shape index (κ3) is 3.19. The number of hydrogen-bond donors (Lipinski definition) is 0. The summed E-state index contributed by atoms with van der Waals surface area (Å²) in [5, 5.41) is 0. The summed E-state index contributed by atoms with van der Waals surface area (Å²) in [4.78, 5) is -0.290. The summed E-state index contributed by atoms with van der Waals surface area (Å²) in [6.45, 7) is 5.48. The fourth-order valence-electron chi connectivity index (χ4n) is 0.0668. The van der Waals surface area contributed by atoms with E-state index in [2.05, 4.69) is 6.92 Å². The minimum Gasteiger partial charge on any atom is -0.125 e. The van der Waals surface area contributed by atoms with E-state index in [0.717, 1.165) is 0 Å². The molecular formula is C5H9Cl2. The Bertz CT molecular complexity index is 44.0. The molecule has 0 saturated carbocycles. The molecular weight excluding hydrogens is 131 g/mol. The Morgan fingerprint density at radius 1 is 1.71 bits per heavy atom. The van der Waals surface area contributed by atoms with Gasteiger partial charge < -0.3 is 0 Å². The van der Waals surface area contributed by atoms with Crippen LogP contribution in [0.5, 0.6) is 0 Å². The van der Waals surface area contributed by atoms with Crippen LogP contribution in [0.1, 0.15) is 13.3 Å². The molecule has 0 fully saturated rings. The van der Waals surface area contributed by atoms with Crippen molar-refractivity contribution < 1.29 is 0 Å². The standard InChI is InChI=1S/C5H9Cl2/c1-3-5(2,7)4-6/h1,3-4H2,2H3. The molecule has 2 heteroatoms. The van der Waals surface area contributed by atoms with Crippen molar-refractivity contribution in [2.75, 3.05) is 5.88 Å². The second-order valence-corrected chi connectivity index (χ2v) is 2.98. The summed E-state index contributed by atoms with van der Waals surface area (Å²) >= 11 is 11.1. The zero-order chi connectivity index (χ0) is 5.91. The molecule has 1 unspecified atom stereocenters. The van der Waals surface area contributed by atoms with Crippen molar-refractivity contribution >= 4 is 23.2 Å². The minimum atomic E-state index is -0.290. The second kappa shape index (κ2) is 2.78. The number of hydrogen-bond acceptors (Lipinski definition) is 0. The topological polar surface area (TPSA) is 0 Å². The highest BCUT2D eigenvalue weighted by molar-refractivity contribution is 6.30. The minimum absolute atomic E-state index is 0.290. The summed E-state index contributed by atoms with van der Waals surface area (Å²) < 4.78 is 0. The lowest BCUT2D eigenvalue weighted by Gasteiger charge is -2.13. The molecule has 7 heavy (non-hydrogen) atoms. The van der Waals surface area contributed by atoms with Gasteiger partial charge in [-0.3, -0.25) is 0 Å². The lowest BCUT2D eigenvalue weighted by molar-refractivity contribution is 0.717. The monoisotopic (exact) mass is 139 g/mol. The first-order valence-corrected chi connectivity index (χ1v) is 3.08. The van der Waals surface area contributed by atoms with Crippen molar-refractivity contribution in [1.82, 2.24) is 0 Å². The van der Waals surface area contributed by atoms with Gasteiger partial charge in [0, 0.05) is 5.88 Å². The molecule has 43 valence electrons. The van der Waals surface area contributed by atoms with Gasteiger partial charge in [0.05, 0.1) is 4.87 Å². The Morgan fingerprint density at radius 3 is 2.14 bits per heavy atom. The maximum absolute atomic E-state index is 5.71. The predicted molar refractivity (Wildman–Crippen MR) is 35.0 cm³/mol. The summed E-state index contributed by atoms with van der Waals surface area (Å²) in [6.07, 6.45) is 0.679. The molecule has 1 atom stereocenters. The van der Waals surface area contributed by atoms with E-state index in [1.807, 2.05) is 6.92 Å². The van der Waals surface area contributed by atoms with E-state index in [9.17, 15) is 0 Å². The van der Waals surface area contributed by atoms with Crippen LogP contribution in [0.3, 0.4) is 0 Å². The average molecular weight is 140 g/mol. The van der Waals surface area contributed by atoms with Gasteiger partial charge in [0.15, 0.2) is 0 Å². The number of halogens is 2. The highest BCUT2D eigenvalue weighted by atomic mass is 35.5. The van der Waals surface area contributed by atoms with Crippen molar-refractivity contribution in [2.45, 2.75) is 18.2 Å². The second-order valence-electron chi connectivity index (χ2n) is 1.80. The van der Waals surface area contributed by atoms with Crippen LogP contribution in [-0.4, -0.2) is 10.8 Å². The predicted octanol–water partition coefficient (Wildman–Crippen LogP) is 2.45. The Kier molecular flexibility index (Phi) is 3.01. The van der Waals surface area contributed by atoms with Crippen LogP contribution in [0.2, 0.25) is 0 Å². The van der Waals surface area contributed by atoms with Gasteiger partial charge in [-0.25, -0.2) is 0 Å². The molecule has 0 nitrogen and oxygen atoms in total. The molecule has 0 spiro atoms. The lowest BCUT2D eigenvalue weighted by Crippen LogP contribution is -2.15. The molecule has 0 saturated heterocycles. The number of alkyl halides is 2. The lowest BCUT2D eigenvalue weighted by atomic mass is 10.1. The molecule has 0 aromatic heterocycles. The summed E-state index contributed by atoms with van der Waals surface area (Å²) in [5.41, 5.74) is 0. The summed E-state index contributed by atoms with van der Waals surface area (Å²) in [6, 6.07) is 0. The Morgan fingerprint density at radius 2 is 2.14 bits per heavy atom. The van der Waals surface area contributed by atoms with Crippen molar-refractivity contribution in [1.29, 1.82) is 0 Å². The third-order valence-electron chi connectivity index (χ3n) is 0.800. The summed E-state index contributed by atoms with van der Waals surface area (Å²) in [7, 11) is 0. The van der Waals surface area contributed by atoms with E-state index < -0.39 is 0 Å². The highest BCUT2D eigenvalue weighted by Crippen LogP contribution is 2.18. The van der Waals surface area contributed by atoms with Gasteiger partial charge in [-0.2, -0.15) is 0 Å². The van der Waals surface area contributed by atoms with Gasteiger partial charge >= 0.3 is 0 Å². The van der Waals surface area contributed by atoms with E-state index in [0.29, 0.717) is 12.3 Å². The van der Waals surface area contributed by atoms with Crippen LogP contribution < -0.4 is 0 Å². The van der Waals surface area contributed by atoms with Crippen LogP contribution >= 0.6 is 23.2 Å². The maximum atomic E-state index is 5.71. The molecule has 1 radical (unpaired) electrons. The molecule has 0 aromatic carbocycles. The first-order valence-electron chi connectivity index (χ1n) is 2.16. The van der Waals surface area contributed by atoms with Crippen molar-refractivity contribution in [3.05, 3.63) is 6.92 Å². The van der Waals surface area contributed by atoms with E-state index in [4.69, 9.17) is 23.2 Å². The van der Waals surface area contributed by atoms with Crippen molar-refractivity contribution in [3.63, 3.8) is 0 Å². The molecule has 0 aromatic rings. The number of rotatable bonds is 2. The first-order chi connectivity index (χ1) is 3.12. The molecule has 0 aliphatic carbocycles. The molecule has 0 rings (SSSR count). The average Bonchev–Trinajstić information content (AvgIpc) is 1.68. The Labute approximate surface area is 54.8 Å². The molecule has 0 heterocycles. The third-order valence-corrected chi connectivity index (χ3v) is 1.85. The van der Waals surface area contributed by atoms with Gasteiger partial charge in [0.2, 0.25) is 0 Å². The molecule has 0 aliphatic heterocycles. The Hall–Kier alpha value is 0.580. The zero-order valence-corrected chi connectivity index (χ0v) is 5.89. The van der Waals surface area contributed by atoms with E-state index in [1.165, 1.54) is 0 Å². The van der Waals surface area contributed by atoms with Crippen LogP contribution in [0.4, 0.5) is 0 Å². The smallest absolute Gasteiger partial charge is 0.0553 e. The van der Waals surface area contributed by atoms with Gasteiger partial charge in [-0.05, 0) is 13.3 Å². The normalized spacial score (nSPS) is 18.9.